The van der Waals surface area contributed by atoms with Crippen molar-refractivity contribution in [3.05, 3.63) is 32.9 Å². The van der Waals surface area contributed by atoms with Crippen LogP contribution in [0.15, 0.2) is 18.2 Å². The SMILES string of the molecule is CCc1cc(I)ccc1C(=O)N(CC)CCN. The smallest absolute Gasteiger partial charge is 0.254 e. The number of likely N-dealkylation sites (N-methyl/N-ethyl adjacent to an activating group) is 1. The van der Waals surface area contributed by atoms with Crippen LogP contribution in [0.25, 0.3) is 0 Å². The Morgan fingerprint density at radius 3 is 2.65 bits per heavy atom. The van der Waals surface area contributed by atoms with Crippen molar-refractivity contribution < 1.29 is 4.79 Å². The van der Waals surface area contributed by atoms with Crippen molar-refractivity contribution >= 4 is 28.5 Å². The van der Waals surface area contributed by atoms with Crippen molar-refractivity contribution in [2.45, 2.75) is 20.3 Å². The fraction of sp³-hybridized carbons (Fsp3) is 0.462. The summed E-state index contributed by atoms with van der Waals surface area (Å²) in [4.78, 5) is 14.1. The summed E-state index contributed by atoms with van der Waals surface area (Å²) in [6.07, 6.45) is 0.873. The van der Waals surface area contributed by atoms with Crippen LogP contribution in [0.5, 0.6) is 0 Å². The van der Waals surface area contributed by atoms with E-state index in [0.29, 0.717) is 19.6 Å². The first-order valence-corrected chi connectivity index (χ1v) is 6.99. The molecule has 0 bridgehead atoms. The number of hydrogen-bond acceptors (Lipinski definition) is 2. The van der Waals surface area contributed by atoms with Crippen LogP contribution in [-0.4, -0.2) is 30.4 Å². The van der Waals surface area contributed by atoms with Gasteiger partial charge in [-0.1, -0.05) is 6.92 Å². The fourth-order valence-corrected chi connectivity index (χ4v) is 2.35. The summed E-state index contributed by atoms with van der Waals surface area (Å²) in [7, 11) is 0. The zero-order valence-electron chi connectivity index (χ0n) is 10.4. The number of carbonyl (C=O) groups is 1. The lowest BCUT2D eigenvalue weighted by molar-refractivity contribution is 0.0768. The minimum Gasteiger partial charge on any atom is -0.338 e. The van der Waals surface area contributed by atoms with Gasteiger partial charge in [0.1, 0.15) is 0 Å². The Morgan fingerprint density at radius 2 is 2.12 bits per heavy atom. The van der Waals surface area contributed by atoms with Crippen LogP contribution in [-0.2, 0) is 6.42 Å². The second-order valence-electron chi connectivity index (χ2n) is 3.83. The Labute approximate surface area is 117 Å². The minimum atomic E-state index is 0.0891. The maximum atomic E-state index is 12.3. The predicted molar refractivity (Wildman–Crippen MR) is 79.2 cm³/mol. The molecule has 0 aliphatic carbocycles. The van der Waals surface area contributed by atoms with E-state index in [1.807, 2.05) is 19.1 Å². The highest BCUT2D eigenvalue weighted by Crippen LogP contribution is 2.16. The van der Waals surface area contributed by atoms with Gasteiger partial charge in [0.2, 0.25) is 0 Å². The van der Waals surface area contributed by atoms with Crippen molar-refractivity contribution in [3.8, 4) is 0 Å². The van der Waals surface area contributed by atoms with E-state index in [1.165, 1.54) is 0 Å². The van der Waals surface area contributed by atoms with Gasteiger partial charge in [-0.3, -0.25) is 4.79 Å². The third-order valence-electron chi connectivity index (χ3n) is 2.75. The largest absolute Gasteiger partial charge is 0.338 e. The average Bonchev–Trinajstić information content (AvgIpc) is 2.34. The summed E-state index contributed by atoms with van der Waals surface area (Å²) in [5.74, 6) is 0.0891. The van der Waals surface area contributed by atoms with Gasteiger partial charge in [0.05, 0.1) is 0 Å². The molecule has 3 nitrogen and oxygen atoms in total. The molecule has 17 heavy (non-hydrogen) atoms. The fourth-order valence-electron chi connectivity index (χ4n) is 1.79. The van der Waals surface area contributed by atoms with Crippen LogP contribution in [0.1, 0.15) is 29.8 Å². The molecule has 1 rings (SSSR count). The predicted octanol–water partition coefficient (Wildman–Crippen LogP) is 2.27. The van der Waals surface area contributed by atoms with Crippen molar-refractivity contribution in [1.29, 1.82) is 0 Å². The number of carbonyl (C=O) groups excluding carboxylic acids is 1. The van der Waals surface area contributed by atoms with Gasteiger partial charge in [0.15, 0.2) is 0 Å². The van der Waals surface area contributed by atoms with Crippen molar-refractivity contribution in [3.63, 3.8) is 0 Å². The molecular weight excluding hydrogens is 327 g/mol. The van der Waals surface area contributed by atoms with E-state index >= 15 is 0 Å². The summed E-state index contributed by atoms with van der Waals surface area (Å²) in [5, 5.41) is 0. The number of hydrogen-bond donors (Lipinski definition) is 1. The molecule has 0 aliphatic heterocycles. The van der Waals surface area contributed by atoms with Crippen LogP contribution < -0.4 is 5.73 Å². The van der Waals surface area contributed by atoms with Gasteiger partial charge in [-0.25, -0.2) is 0 Å². The van der Waals surface area contributed by atoms with Crippen molar-refractivity contribution in [1.82, 2.24) is 4.90 Å². The summed E-state index contributed by atoms with van der Waals surface area (Å²) < 4.78 is 1.16. The van der Waals surface area contributed by atoms with Crippen LogP contribution in [0.3, 0.4) is 0 Å². The summed E-state index contributed by atoms with van der Waals surface area (Å²) in [5.41, 5.74) is 7.44. The molecule has 0 aliphatic rings. The lowest BCUT2D eigenvalue weighted by Gasteiger charge is -2.21. The van der Waals surface area contributed by atoms with Gasteiger partial charge >= 0.3 is 0 Å². The Morgan fingerprint density at radius 1 is 1.41 bits per heavy atom. The monoisotopic (exact) mass is 346 g/mol. The van der Waals surface area contributed by atoms with Crippen LogP contribution >= 0.6 is 22.6 Å². The molecule has 1 aromatic carbocycles. The summed E-state index contributed by atoms with van der Waals surface area (Å²) in [6, 6.07) is 5.97. The van der Waals surface area contributed by atoms with Gasteiger partial charge in [-0.05, 0) is 59.7 Å². The molecule has 0 radical (unpaired) electrons. The number of benzene rings is 1. The topological polar surface area (TPSA) is 46.3 Å². The van der Waals surface area contributed by atoms with Crippen LogP contribution in [0.4, 0.5) is 0 Å². The maximum Gasteiger partial charge on any atom is 0.254 e. The molecule has 0 unspecified atom stereocenters. The summed E-state index contributed by atoms with van der Waals surface area (Å²) in [6.45, 7) is 5.87. The highest BCUT2D eigenvalue weighted by molar-refractivity contribution is 14.1. The maximum absolute atomic E-state index is 12.3. The number of amides is 1. The van der Waals surface area contributed by atoms with E-state index < -0.39 is 0 Å². The molecule has 0 aromatic heterocycles. The van der Waals surface area contributed by atoms with Gasteiger partial charge in [-0.2, -0.15) is 0 Å². The third-order valence-corrected chi connectivity index (χ3v) is 3.42. The van der Waals surface area contributed by atoms with Gasteiger partial charge in [0.25, 0.3) is 5.91 Å². The number of halogens is 1. The standard InChI is InChI=1S/C13H19IN2O/c1-3-10-9-11(14)5-6-12(10)13(17)16(4-2)8-7-15/h5-6,9H,3-4,7-8,15H2,1-2H3. The van der Waals surface area contributed by atoms with E-state index in [9.17, 15) is 4.79 Å². The quantitative estimate of drug-likeness (QED) is 0.832. The van der Waals surface area contributed by atoms with Gasteiger partial charge in [0, 0.05) is 28.8 Å². The molecule has 2 N–H and O–H groups in total. The molecule has 94 valence electrons. The molecule has 0 saturated heterocycles. The Bertz CT molecular complexity index is 393. The first kappa shape index (κ1) is 14.4. The molecule has 1 amide bonds. The molecule has 0 spiro atoms. The Kier molecular flexibility index (Phi) is 5.91. The Balaban J connectivity index is 3.02. The molecule has 0 atom stereocenters. The van der Waals surface area contributed by atoms with E-state index in [0.717, 1.165) is 21.1 Å². The van der Waals surface area contributed by atoms with E-state index in [1.54, 1.807) is 4.90 Å². The second-order valence-corrected chi connectivity index (χ2v) is 5.07. The first-order valence-electron chi connectivity index (χ1n) is 5.91. The number of nitrogens with zero attached hydrogens (tertiary/aromatic N) is 1. The first-order chi connectivity index (χ1) is 8.13. The molecule has 0 saturated carbocycles. The van der Waals surface area contributed by atoms with Crippen molar-refractivity contribution in [2.75, 3.05) is 19.6 Å². The van der Waals surface area contributed by atoms with Crippen LogP contribution in [0, 0.1) is 3.57 Å². The Hall–Kier alpha value is -0.620. The lowest BCUT2D eigenvalue weighted by Crippen LogP contribution is -2.35. The number of aryl methyl sites for hydroxylation is 1. The highest BCUT2D eigenvalue weighted by Gasteiger charge is 2.16. The van der Waals surface area contributed by atoms with E-state index in [4.69, 9.17) is 5.73 Å². The van der Waals surface area contributed by atoms with E-state index in [2.05, 4.69) is 35.6 Å². The number of rotatable bonds is 5. The van der Waals surface area contributed by atoms with Crippen molar-refractivity contribution in [2.24, 2.45) is 5.73 Å². The lowest BCUT2D eigenvalue weighted by atomic mass is 10.0. The molecule has 1 aromatic rings. The van der Waals surface area contributed by atoms with E-state index in [-0.39, 0.29) is 5.91 Å². The van der Waals surface area contributed by atoms with Gasteiger partial charge < -0.3 is 10.6 Å². The molecule has 0 heterocycles. The minimum absolute atomic E-state index is 0.0891. The third kappa shape index (κ3) is 3.67. The number of nitrogens with two attached hydrogens (primary N) is 1. The molecular formula is C13H19IN2O. The molecule has 4 heteroatoms. The average molecular weight is 346 g/mol. The second kappa shape index (κ2) is 6.96. The summed E-state index contributed by atoms with van der Waals surface area (Å²) >= 11 is 2.27. The van der Waals surface area contributed by atoms with Gasteiger partial charge in [-0.15, -0.1) is 0 Å². The highest BCUT2D eigenvalue weighted by atomic mass is 127. The van der Waals surface area contributed by atoms with Crippen LogP contribution in [0.2, 0.25) is 0 Å². The normalized spacial score (nSPS) is 10.4. The molecule has 0 fully saturated rings. The zero-order chi connectivity index (χ0) is 12.8. The zero-order valence-corrected chi connectivity index (χ0v) is 12.5.